The van der Waals surface area contributed by atoms with Crippen LogP contribution in [0.3, 0.4) is 0 Å². The van der Waals surface area contributed by atoms with Crippen molar-refractivity contribution in [3.8, 4) is 0 Å². The molecule has 0 fully saturated rings. The largest absolute Gasteiger partial charge is 0.478 e. The van der Waals surface area contributed by atoms with E-state index in [0.29, 0.717) is 0 Å². The summed E-state index contributed by atoms with van der Waals surface area (Å²) < 4.78 is 30.6. The van der Waals surface area contributed by atoms with Crippen molar-refractivity contribution in [1.29, 1.82) is 0 Å². The maximum Gasteiger partial charge on any atom is 0.337 e. The number of rotatable bonds is 2. The van der Waals surface area contributed by atoms with E-state index in [0.717, 1.165) is 6.07 Å². The zero-order valence-electron chi connectivity index (χ0n) is 7.26. The molecule has 1 aromatic carbocycles. The van der Waals surface area contributed by atoms with E-state index in [9.17, 15) is 13.2 Å². The van der Waals surface area contributed by atoms with Gasteiger partial charge in [0.25, 0.3) is 10.1 Å². The van der Waals surface area contributed by atoms with Gasteiger partial charge in [0.1, 0.15) is 4.90 Å². The fraction of sp³-hybridized carbons (Fsp3) is 0.125. The van der Waals surface area contributed by atoms with Crippen LogP contribution in [0, 0.1) is 6.92 Å². The summed E-state index contributed by atoms with van der Waals surface area (Å²) >= 11 is 0. The predicted molar refractivity (Wildman–Crippen MR) is 48.0 cm³/mol. The lowest BCUT2D eigenvalue weighted by molar-refractivity contribution is 0.0692. The maximum atomic E-state index is 10.9. The Morgan fingerprint density at radius 1 is 1.36 bits per heavy atom. The molecule has 0 radical (unpaired) electrons. The molecule has 14 heavy (non-hydrogen) atoms. The van der Waals surface area contributed by atoms with E-state index in [1.165, 1.54) is 19.1 Å². The first-order chi connectivity index (χ1) is 6.34. The van der Waals surface area contributed by atoms with Gasteiger partial charge in [-0.15, -0.1) is 0 Å². The lowest BCUT2D eigenvalue weighted by Crippen LogP contribution is -2.09. The van der Waals surface area contributed by atoms with E-state index in [4.69, 9.17) is 9.66 Å². The lowest BCUT2D eigenvalue weighted by atomic mass is 10.1. The summed E-state index contributed by atoms with van der Waals surface area (Å²) in [5.74, 6) is -1.39. The molecule has 76 valence electrons. The Labute approximate surface area is 80.7 Å². The molecular weight excluding hydrogens is 208 g/mol. The van der Waals surface area contributed by atoms with Crippen LogP contribution < -0.4 is 0 Å². The molecule has 0 bridgehead atoms. The number of hydrogen-bond donors (Lipinski definition) is 2. The summed E-state index contributed by atoms with van der Waals surface area (Å²) in [5.41, 5.74) is -0.222. The van der Waals surface area contributed by atoms with Crippen LogP contribution in [0.15, 0.2) is 23.1 Å². The Kier molecular flexibility index (Phi) is 2.59. The zero-order valence-corrected chi connectivity index (χ0v) is 8.08. The SMILES string of the molecule is Cc1cccc(C(=O)O)c1S(=O)(=O)O. The molecule has 0 atom stereocenters. The number of carboxylic acid groups (broad SMARTS) is 1. The number of carboxylic acids is 1. The predicted octanol–water partition coefficient (Wildman–Crippen LogP) is 0.940. The average Bonchev–Trinajstić information content (AvgIpc) is 2.01. The van der Waals surface area contributed by atoms with Crippen LogP contribution in [-0.2, 0) is 10.1 Å². The van der Waals surface area contributed by atoms with Gasteiger partial charge >= 0.3 is 5.97 Å². The first-order valence-corrected chi connectivity index (χ1v) is 5.08. The molecule has 5 nitrogen and oxygen atoms in total. The smallest absolute Gasteiger partial charge is 0.337 e. The van der Waals surface area contributed by atoms with Crippen LogP contribution in [0.4, 0.5) is 0 Å². The highest BCUT2D eigenvalue weighted by Gasteiger charge is 2.21. The van der Waals surface area contributed by atoms with Gasteiger partial charge in [-0.2, -0.15) is 8.42 Å². The fourth-order valence-corrected chi connectivity index (χ4v) is 2.07. The van der Waals surface area contributed by atoms with Gasteiger partial charge in [-0.1, -0.05) is 12.1 Å². The summed E-state index contributed by atoms with van der Waals surface area (Å²) in [6, 6.07) is 3.95. The number of benzene rings is 1. The van der Waals surface area contributed by atoms with Gasteiger partial charge in [0.2, 0.25) is 0 Å². The molecule has 0 amide bonds. The van der Waals surface area contributed by atoms with E-state index < -0.39 is 26.5 Å². The number of aryl methyl sites for hydroxylation is 1. The molecule has 0 unspecified atom stereocenters. The van der Waals surface area contributed by atoms with Gasteiger partial charge in [-0.25, -0.2) is 4.79 Å². The summed E-state index contributed by atoms with van der Waals surface area (Å²) in [4.78, 5) is 10.1. The van der Waals surface area contributed by atoms with Gasteiger partial charge in [0.15, 0.2) is 0 Å². The van der Waals surface area contributed by atoms with E-state index in [-0.39, 0.29) is 5.56 Å². The molecule has 0 aliphatic carbocycles. The molecule has 0 aliphatic heterocycles. The molecule has 0 saturated carbocycles. The molecule has 0 saturated heterocycles. The monoisotopic (exact) mass is 216 g/mol. The fourth-order valence-electron chi connectivity index (χ4n) is 1.16. The normalized spacial score (nSPS) is 11.3. The van der Waals surface area contributed by atoms with Crippen molar-refractivity contribution in [2.45, 2.75) is 11.8 Å². The van der Waals surface area contributed by atoms with E-state index in [2.05, 4.69) is 0 Å². The molecule has 0 aliphatic rings. The Bertz CT molecular complexity index is 475. The van der Waals surface area contributed by atoms with Crippen molar-refractivity contribution in [2.75, 3.05) is 0 Å². The first kappa shape index (κ1) is 10.7. The molecule has 1 rings (SSSR count). The van der Waals surface area contributed by atoms with Crippen molar-refractivity contribution >= 4 is 16.1 Å². The minimum Gasteiger partial charge on any atom is -0.478 e. The second-order valence-electron chi connectivity index (χ2n) is 2.73. The Morgan fingerprint density at radius 2 is 1.93 bits per heavy atom. The molecule has 0 heterocycles. The quantitative estimate of drug-likeness (QED) is 0.718. The van der Waals surface area contributed by atoms with Gasteiger partial charge in [0, 0.05) is 0 Å². The van der Waals surface area contributed by atoms with E-state index in [1.54, 1.807) is 0 Å². The van der Waals surface area contributed by atoms with Crippen molar-refractivity contribution < 1.29 is 22.9 Å². The van der Waals surface area contributed by atoms with E-state index >= 15 is 0 Å². The van der Waals surface area contributed by atoms with Gasteiger partial charge in [0.05, 0.1) is 5.56 Å². The molecule has 6 heteroatoms. The van der Waals surface area contributed by atoms with Crippen LogP contribution in [0.25, 0.3) is 0 Å². The molecule has 0 spiro atoms. The summed E-state index contributed by atoms with van der Waals surface area (Å²) in [5, 5.41) is 8.68. The third-order valence-electron chi connectivity index (χ3n) is 1.70. The lowest BCUT2D eigenvalue weighted by Gasteiger charge is -2.05. The van der Waals surface area contributed by atoms with Crippen LogP contribution in [-0.4, -0.2) is 24.0 Å². The highest BCUT2D eigenvalue weighted by molar-refractivity contribution is 7.86. The molecule has 2 N–H and O–H groups in total. The number of hydrogen-bond acceptors (Lipinski definition) is 3. The second kappa shape index (κ2) is 3.39. The summed E-state index contributed by atoms with van der Waals surface area (Å²) in [6.45, 7) is 1.41. The van der Waals surface area contributed by atoms with Crippen molar-refractivity contribution in [3.63, 3.8) is 0 Å². The maximum absolute atomic E-state index is 10.9. The highest BCUT2D eigenvalue weighted by Crippen LogP contribution is 2.19. The van der Waals surface area contributed by atoms with Gasteiger partial charge < -0.3 is 5.11 Å². The third kappa shape index (κ3) is 1.91. The van der Waals surface area contributed by atoms with Gasteiger partial charge in [-0.05, 0) is 18.6 Å². The van der Waals surface area contributed by atoms with Crippen LogP contribution >= 0.6 is 0 Å². The number of aromatic carboxylic acids is 1. The van der Waals surface area contributed by atoms with Crippen molar-refractivity contribution in [3.05, 3.63) is 29.3 Å². The molecular formula is C8H8O5S. The Hall–Kier alpha value is -1.40. The third-order valence-corrected chi connectivity index (χ3v) is 2.76. The highest BCUT2D eigenvalue weighted by atomic mass is 32.2. The Balaban J connectivity index is 3.62. The molecule has 0 aromatic heterocycles. The van der Waals surface area contributed by atoms with Crippen molar-refractivity contribution in [1.82, 2.24) is 0 Å². The Morgan fingerprint density at radius 3 is 2.29 bits per heavy atom. The minimum atomic E-state index is -4.49. The summed E-state index contributed by atoms with van der Waals surface area (Å²) in [7, 11) is -4.49. The first-order valence-electron chi connectivity index (χ1n) is 3.64. The zero-order chi connectivity index (χ0) is 10.9. The number of carbonyl (C=O) groups is 1. The van der Waals surface area contributed by atoms with Crippen LogP contribution in [0.2, 0.25) is 0 Å². The van der Waals surface area contributed by atoms with Crippen LogP contribution in [0.1, 0.15) is 15.9 Å². The van der Waals surface area contributed by atoms with Crippen molar-refractivity contribution in [2.24, 2.45) is 0 Å². The standard InChI is InChI=1S/C8H8O5S/c1-5-3-2-4-6(8(9)10)7(5)14(11,12)13/h2-4H,1H3,(H,9,10)(H,11,12,13). The topological polar surface area (TPSA) is 91.7 Å². The average molecular weight is 216 g/mol. The minimum absolute atomic E-state index is 0.201. The second-order valence-corrected chi connectivity index (χ2v) is 4.09. The van der Waals surface area contributed by atoms with Gasteiger partial charge in [-0.3, -0.25) is 4.55 Å². The molecule has 1 aromatic rings. The van der Waals surface area contributed by atoms with Crippen LogP contribution in [0.5, 0.6) is 0 Å². The summed E-state index contributed by atoms with van der Waals surface area (Å²) in [6.07, 6.45) is 0. The van der Waals surface area contributed by atoms with E-state index in [1.807, 2.05) is 0 Å².